The van der Waals surface area contributed by atoms with Crippen molar-refractivity contribution < 1.29 is 0 Å². The maximum atomic E-state index is 5.89. The maximum Gasteiger partial charge on any atom is 0.222 e. The largest absolute Gasteiger partial charge is 0.368 e. The Bertz CT molecular complexity index is 660. The van der Waals surface area contributed by atoms with Gasteiger partial charge in [-0.2, -0.15) is 10.1 Å². The average Bonchev–Trinajstić information content (AvgIpc) is 2.91. The van der Waals surface area contributed by atoms with E-state index in [9.17, 15) is 0 Å². The van der Waals surface area contributed by atoms with Gasteiger partial charge >= 0.3 is 0 Å². The number of H-pyrrole nitrogens is 1. The molecular formula is C16H25N7. The zero-order valence-corrected chi connectivity index (χ0v) is 13.8. The summed E-state index contributed by atoms with van der Waals surface area (Å²) in [6.45, 7) is 2.86. The van der Waals surface area contributed by atoms with Gasteiger partial charge in [0.2, 0.25) is 5.95 Å². The van der Waals surface area contributed by atoms with Gasteiger partial charge in [0.05, 0.1) is 23.6 Å². The van der Waals surface area contributed by atoms with Crippen LogP contribution in [0.15, 0.2) is 12.1 Å². The summed E-state index contributed by atoms with van der Waals surface area (Å²) >= 11 is 0. The quantitative estimate of drug-likeness (QED) is 0.746. The van der Waals surface area contributed by atoms with E-state index >= 15 is 0 Å². The first kappa shape index (κ1) is 15.7. The molecule has 23 heavy (non-hydrogen) atoms. The van der Waals surface area contributed by atoms with Crippen LogP contribution < -0.4 is 16.4 Å². The zero-order valence-electron chi connectivity index (χ0n) is 13.8. The van der Waals surface area contributed by atoms with Gasteiger partial charge in [0.25, 0.3) is 0 Å². The lowest BCUT2D eigenvalue weighted by Crippen LogP contribution is -2.35. The van der Waals surface area contributed by atoms with Crippen molar-refractivity contribution in [3.05, 3.63) is 29.2 Å². The fourth-order valence-electron chi connectivity index (χ4n) is 2.99. The minimum Gasteiger partial charge on any atom is -0.368 e. The number of hydrogen-bond acceptors (Lipinski definition) is 6. The first-order valence-corrected chi connectivity index (χ1v) is 8.19. The number of nitrogens with two attached hydrogens (primary N) is 2. The Hall–Kier alpha value is -2.15. The topological polar surface area (TPSA) is 110 Å². The van der Waals surface area contributed by atoms with Crippen LogP contribution in [-0.4, -0.2) is 33.3 Å². The molecule has 1 aliphatic carbocycles. The molecule has 0 saturated heterocycles. The third-order valence-corrected chi connectivity index (χ3v) is 4.33. The number of nitrogens with one attached hydrogen (secondary N) is 1. The third kappa shape index (κ3) is 3.61. The normalized spacial score (nSPS) is 20.3. The molecular weight excluding hydrogens is 290 g/mol. The van der Waals surface area contributed by atoms with E-state index in [2.05, 4.69) is 38.1 Å². The molecule has 0 spiro atoms. The van der Waals surface area contributed by atoms with E-state index in [0.717, 1.165) is 48.6 Å². The van der Waals surface area contributed by atoms with Crippen LogP contribution in [0.5, 0.6) is 0 Å². The standard InChI is InChI=1S/C16H25N7/c1-3-4-12-7-13(22-21-12)9-23(2)15-8-14(19-16(18)20-15)10-5-11(17)6-10/h7-8,10-11H,3-6,9,17H2,1-2H3,(H,21,22)(H2,18,19,20). The molecule has 1 saturated carbocycles. The highest BCUT2D eigenvalue weighted by atomic mass is 15.2. The predicted molar refractivity (Wildman–Crippen MR) is 91.1 cm³/mol. The highest BCUT2D eigenvalue weighted by Crippen LogP contribution is 2.35. The van der Waals surface area contributed by atoms with Gasteiger partial charge in [-0.25, -0.2) is 4.98 Å². The summed E-state index contributed by atoms with van der Waals surface area (Å²) in [6, 6.07) is 4.42. The van der Waals surface area contributed by atoms with Crippen LogP contribution in [0.3, 0.4) is 0 Å². The molecule has 2 heterocycles. The molecule has 0 radical (unpaired) electrons. The van der Waals surface area contributed by atoms with Crippen molar-refractivity contribution in [1.82, 2.24) is 20.2 Å². The lowest BCUT2D eigenvalue weighted by molar-refractivity contribution is 0.345. The van der Waals surface area contributed by atoms with Crippen molar-refractivity contribution in [1.29, 1.82) is 0 Å². The molecule has 2 aromatic rings. The number of aryl methyl sites for hydroxylation is 1. The van der Waals surface area contributed by atoms with E-state index in [-0.39, 0.29) is 0 Å². The summed E-state index contributed by atoms with van der Waals surface area (Å²) in [6.07, 6.45) is 4.03. The van der Waals surface area contributed by atoms with E-state index in [1.165, 1.54) is 0 Å². The SMILES string of the molecule is CCCc1cc(CN(C)c2cc(C3CC(N)C3)nc(N)n2)[nH]n1. The van der Waals surface area contributed by atoms with Crippen LogP contribution in [-0.2, 0) is 13.0 Å². The first-order chi connectivity index (χ1) is 11.0. The van der Waals surface area contributed by atoms with Crippen molar-refractivity contribution in [2.75, 3.05) is 17.7 Å². The molecule has 7 heteroatoms. The molecule has 1 aliphatic rings. The molecule has 7 nitrogen and oxygen atoms in total. The third-order valence-electron chi connectivity index (χ3n) is 4.33. The second-order valence-electron chi connectivity index (χ2n) is 6.43. The van der Waals surface area contributed by atoms with Gasteiger partial charge < -0.3 is 16.4 Å². The van der Waals surface area contributed by atoms with Crippen LogP contribution in [0.1, 0.15) is 49.2 Å². The summed E-state index contributed by atoms with van der Waals surface area (Å²) < 4.78 is 0. The van der Waals surface area contributed by atoms with Crippen molar-refractivity contribution in [3.63, 3.8) is 0 Å². The van der Waals surface area contributed by atoms with Gasteiger partial charge in [0.15, 0.2) is 0 Å². The molecule has 2 aromatic heterocycles. The van der Waals surface area contributed by atoms with Crippen molar-refractivity contribution >= 4 is 11.8 Å². The number of rotatable bonds is 6. The van der Waals surface area contributed by atoms with E-state index < -0.39 is 0 Å². The van der Waals surface area contributed by atoms with E-state index in [1.807, 2.05) is 13.1 Å². The maximum absolute atomic E-state index is 5.89. The molecule has 124 valence electrons. The molecule has 0 aromatic carbocycles. The average molecular weight is 315 g/mol. The summed E-state index contributed by atoms with van der Waals surface area (Å²) in [7, 11) is 2.00. The highest BCUT2D eigenvalue weighted by molar-refractivity contribution is 5.44. The molecule has 5 N–H and O–H groups in total. The zero-order chi connectivity index (χ0) is 16.4. The van der Waals surface area contributed by atoms with Crippen molar-refractivity contribution in [3.8, 4) is 0 Å². The van der Waals surface area contributed by atoms with E-state index in [1.54, 1.807) is 0 Å². The van der Waals surface area contributed by atoms with Crippen LogP contribution in [0.4, 0.5) is 11.8 Å². The summed E-state index contributed by atoms with van der Waals surface area (Å²) in [5.41, 5.74) is 14.9. The fourth-order valence-corrected chi connectivity index (χ4v) is 2.99. The number of nitrogens with zero attached hydrogens (tertiary/aromatic N) is 4. The smallest absolute Gasteiger partial charge is 0.222 e. The van der Waals surface area contributed by atoms with Gasteiger partial charge in [0.1, 0.15) is 5.82 Å². The van der Waals surface area contributed by atoms with Gasteiger partial charge in [-0.3, -0.25) is 5.10 Å². The number of aromatic nitrogens is 4. The lowest BCUT2D eigenvalue weighted by atomic mass is 9.78. The van der Waals surface area contributed by atoms with Crippen molar-refractivity contribution in [2.45, 2.75) is 51.1 Å². The molecule has 0 atom stereocenters. The molecule has 1 fully saturated rings. The van der Waals surface area contributed by atoms with E-state index in [0.29, 0.717) is 24.5 Å². The fraction of sp³-hybridized carbons (Fsp3) is 0.562. The van der Waals surface area contributed by atoms with Crippen LogP contribution in [0, 0.1) is 0 Å². The Morgan fingerprint density at radius 1 is 1.30 bits per heavy atom. The predicted octanol–water partition coefficient (Wildman–Crippen LogP) is 1.58. The van der Waals surface area contributed by atoms with Gasteiger partial charge in [-0.05, 0) is 25.3 Å². The van der Waals surface area contributed by atoms with Gasteiger partial charge in [0, 0.05) is 25.1 Å². The number of anilines is 2. The Morgan fingerprint density at radius 2 is 2.09 bits per heavy atom. The Labute approximate surface area is 136 Å². The molecule has 0 unspecified atom stereocenters. The molecule has 0 bridgehead atoms. The monoisotopic (exact) mass is 315 g/mol. The van der Waals surface area contributed by atoms with Crippen LogP contribution in [0.2, 0.25) is 0 Å². The number of hydrogen-bond donors (Lipinski definition) is 3. The number of nitrogen functional groups attached to an aromatic ring is 1. The lowest BCUT2D eigenvalue weighted by Gasteiger charge is -2.32. The number of aromatic amines is 1. The Balaban J connectivity index is 1.71. The minimum atomic E-state index is 0.291. The molecule has 3 rings (SSSR count). The summed E-state index contributed by atoms with van der Waals surface area (Å²) in [5.74, 6) is 1.56. The Morgan fingerprint density at radius 3 is 2.78 bits per heavy atom. The van der Waals surface area contributed by atoms with E-state index in [4.69, 9.17) is 11.5 Å². The second kappa shape index (κ2) is 6.54. The summed E-state index contributed by atoms with van der Waals surface area (Å²) in [4.78, 5) is 10.8. The van der Waals surface area contributed by atoms with Gasteiger partial charge in [-0.1, -0.05) is 13.3 Å². The first-order valence-electron chi connectivity index (χ1n) is 8.19. The van der Waals surface area contributed by atoms with Gasteiger partial charge in [-0.15, -0.1) is 0 Å². The molecule has 0 aliphatic heterocycles. The Kier molecular flexibility index (Phi) is 4.47. The van der Waals surface area contributed by atoms with Crippen molar-refractivity contribution in [2.24, 2.45) is 5.73 Å². The highest BCUT2D eigenvalue weighted by Gasteiger charge is 2.29. The molecule has 0 amide bonds. The summed E-state index contributed by atoms with van der Waals surface area (Å²) in [5, 5.41) is 7.41. The van der Waals surface area contributed by atoms with Crippen LogP contribution >= 0.6 is 0 Å². The minimum absolute atomic E-state index is 0.291. The second-order valence-corrected chi connectivity index (χ2v) is 6.43. The van der Waals surface area contributed by atoms with Crippen LogP contribution in [0.25, 0.3) is 0 Å².